The van der Waals surface area contributed by atoms with E-state index >= 15 is 0 Å². The van der Waals surface area contributed by atoms with Crippen LogP contribution >= 0.6 is 0 Å². The molecule has 1 aromatic heterocycles. The van der Waals surface area contributed by atoms with E-state index in [0.717, 1.165) is 5.56 Å². The van der Waals surface area contributed by atoms with Crippen LogP contribution in [0.25, 0.3) is 0 Å². The second-order valence-corrected chi connectivity index (χ2v) is 4.23. The second kappa shape index (κ2) is 5.06. The number of H-pyrrole nitrogens is 1. The minimum atomic E-state index is -0.163. The maximum atomic E-state index is 12.2. The first-order valence-electron chi connectivity index (χ1n) is 6.13. The van der Waals surface area contributed by atoms with Gasteiger partial charge in [0, 0.05) is 18.9 Å². The van der Waals surface area contributed by atoms with E-state index < -0.39 is 0 Å². The molecular formula is C14H14N2O3. The van der Waals surface area contributed by atoms with E-state index in [1.54, 1.807) is 18.2 Å². The van der Waals surface area contributed by atoms with Crippen LogP contribution in [0.3, 0.4) is 0 Å². The molecule has 0 unspecified atom stereocenters. The summed E-state index contributed by atoms with van der Waals surface area (Å²) in [5, 5.41) is 2.86. The number of carbonyl (C=O) groups is 1. The fourth-order valence-corrected chi connectivity index (χ4v) is 2.00. The van der Waals surface area contributed by atoms with Crippen molar-refractivity contribution >= 4 is 5.91 Å². The summed E-state index contributed by atoms with van der Waals surface area (Å²) in [6.07, 6.45) is 3.67. The molecule has 2 N–H and O–H groups in total. The van der Waals surface area contributed by atoms with Crippen LogP contribution in [0, 0.1) is 0 Å². The monoisotopic (exact) mass is 258 g/mol. The Morgan fingerprint density at radius 1 is 1.26 bits per heavy atom. The molecule has 2 heterocycles. The molecular weight excluding hydrogens is 244 g/mol. The number of ether oxygens (including phenoxy) is 2. The van der Waals surface area contributed by atoms with E-state index in [2.05, 4.69) is 10.3 Å². The van der Waals surface area contributed by atoms with Gasteiger partial charge in [-0.3, -0.25) is 4.79 Å². The number of benzene rings is 1. The number of para-hydroxylation sites is 1. The van der Waals surface area contributed by atoms with Crippen LogP contribution in [0.5, 0.6) is 11.5 Å². The van der Waals surface area contributed by atoms with Crippen LogP contribution < -0.4 is 14.8 Å². The van der Waals surface area contributed by atoms with E-state index in [0.29, 0.717) is 36.8 Å². The molecule has 0 saturated carbocycles. The first kappa shape index (κ1) is 11.6. The van der Waals surface area contributed by atoms with Crippen LogP contribution in [0.2, 0.25) is 0 Å². The van der Waals surface area contributed by atoms with Crippen LogP contribution in [-0.2, 0) is 6.54 Å². The summed E-state index contributed by atoms with van der Waals surface area (Å²) < 4.78 is 11.0. The van der Waals surface area contributed by atoms with Gasteiger partial charge in [0.2, 0.25) is 0 Å². The van der Waals surface area contributed by atoms with Crippen LogP contribution in [-0.4, -0.2) is 24.1 Å². The van der Waals surface area contributed by atoms with E-state index in [1.165, 1.54) is 0 Å². The molecule has 3 rings (SSSR count). The van der Waals surface area contributed by atoms with E-state index in [9.17, 15) is 4.79 Å². The van der Waals surface area contributed by atoms with Crippen molar-refractivity contribution in [1.82, 2.24) is 10.3 Å². The third-order valence-corrected chi connectivity index (χ3v) is 2.93. The van der Waals surface area contributed by atoms with Crippen molar-refractivity contribution in [1.29, 1.82) is 0 Å². The molecule has 98 valence electrons. The van der Waals surface area contributed by atoms with Crippen molar-refractivity contribution in [2.24, 2.45) is 0 Å². The van der Waals surface area contributed by atoms with Gasteiger partial charge in [0.1, 0.15) is 13.2 Å². The van der Waals surface area contributed by atoms with Crippen molar-refractivity contribution in [2.75, 3.05) is 13.2 Å². The summed E-state index contributed by atoms with van der Waals surface area (Å²) in [5.41, 5.74) is 1.53. The Morgan fingerprint density at radius 2 is 2.16 bits per heavy atom. The van der Waals surface area contributed by atoms with Gasteiger partial charge < -0.3 is 19.8 Å². The molecule has 2 aromatic rings. The molecule has 0 fully saturated rings. The fraction of sp³-hybridized carbons (Fsp3) is 0.214. The topological polar surface area (TPSA) is 63.4 Å². The number of nitrogens with one attached hydrogen (secondary N) is 2. The van der Waals surface area contributed by atoms with Crippen molar-refractivity contribution < 1.29 is 14.3 Å². The van der Waals surface area contributed by atoms with Gasteiger partial charge in [-0.1, -0.05) is 6.07 Å². The highest BCUT2D eigenvalue weighted by atomic mass is 16.6. The van der Waals surface area contributed by atoms with E-state index in [-0.39, 0.29) is 5.91 Å². The Kier molecular flexibility index (Phi) is 3.10. The van der Waals surface area contributed by atoms with Gasteiger partial charge in [-0.25, -0.2) is 0 Å². The Labute approximate surface area is 110 Å². The number of fused-ring (bicyclic) bond motifs is 1. The van der Waals surface area contributed by atoms with Crippen LogP contribution in [0.4, 0.5) is 0 Å². The average molecular weight is 258 g/mol. The smallest absolute Gasteiger partial charge is 0.255 e. The molecule has 0 bridgehead atoms. The lowest BCUT2D eigenvalue weighted by molar-refractivity contribution is 0.0940. The van der Waals surface area contributed by atoms with Crippen molar-refractivity contribution in [3.63, 3.8) is 0 Å². The summed E-state index contributed by atoms with van der Waals surface area (Å²) >= 11 is 0. The normalized spacial score (nSPS) is 13.1. The van der Waals surface area contributed by atoms with E-state index in [4.69, 9.17) is 9.47 Å². The number of amides is 1. The predicted octanol–water partition coefficient (Wildman–Crippen LogP) is 1.72. The third kappa shape index (κ3) is 2.40. The minimum absolute atomic E-state index is 0.163. The molecule has 0 radical (unpaired) electrons. The molecule has 0 spiro atoms. The van der Waals surface area contributed by atoms with Gasteiger partial charge in [0.15, 0.2) is 11.5 Å². The second-order valence-electron chi connectivity index (χ2n) is 4.23. The maximum Gasteiger partial charge on any atom is 0.255 e. The lowest BCUT2D eigenvalue weighted by Gasteiger charge is -2.20. The van der Waals surface area contributed by atoms with Gasteiger partial charge in [0.05, 0.1) is 5.56 Å². The number of carbonyl (C=O) groups excluding carboxylic acids is 1. The first-order valence-corrected chi connectivity index (χ1v) is 6.13. The van der Waals surface area contributed by atoms with Crippen LogP contribution in [0.1, 0.15) is 15.9 Å². The first-order chi connectivity index (χ1) is 9.34. The predicted molar refractivity (Wildman–Crippen MR) is 69.4 cm³/mol. The van der Waals surface area contributed by atoms with E-state index in [1.807, 2.05) is 18.5 Å². The van der Waals surface area contributed by atoms with Crippen molar-refractivity contribution in [3.8, 4) is 11.5 Å². The Hall–Kier alpha value is -2.43. The summed E-state index contributed by atoms with van der Waals surface area (Å²) in [6, 6.07) is 7.25. The quantitative estimate of drug-likeness (QED) is 0.881. The highest BCUT2D eigenvalue weighted by molar-refractivity contribution is 5.97. The summed E-state index contributed by atoms with van der Waals surface area (Å²) in [6.45, 7) is 1.46. The van der Waals surface area contributed by atoms with Gasteiger partial charge in [-0.05, 0) is 23.8 Å². The van der Waals surface area contributed by atoms with Gasteiger partial charge in [-0.2, -0.15) is 0 Å². The third-order valence-electron chi connectivity index (χ3n) is 2.93. The number of aromatic nitrogens is 1. The standard InChI is InChI=1S/C14H14N2O3/c17-14(16-9-10-4-5-15-8-10)11-2-1-3-12-13(11)19-7-6-18-12/h1-5,8,15H,6-7,9H2,(H,16,17). The van der Waals surface area contributed by atoms with Gasteiger partial charge >= 0.3 is 0 Å². The number of aromatic amines is 1. The van der Waals surface area contributed by atoms with Gasteiger partial charge in [-0.15, -0.1) is 0 Å². The molecule has 5 heteroatoms. The minimum Gasteiger partial charge on any atom is -0.486 e. The zero-order valence-corrected chi connectivity index (χ0v) is 10.3. The lowest BCUT2D eigenvalue weighted by atomic mass is 10.1. The SMILES string of the molecule is O=C(NCc1cc[nH]c1)c1cccc2c1OCCO2. The van der Waals surface area contributed by atoms with Gasteiger partial charge in [0.25, 0.3) is 5.91 Å². The Morgan fingerprint density at radius 3 is 3.00 bits per heavy atom. The summed E-state index contributed by atoms with van der Waals surface area (Å²) in [7, 11) is 0. The number of hydrogen-bond donors (Lipinski definition) is 2. The summed E-state index contributed by atoms with van der Waals surface area (Å²) in [5.74, 6) is 0.990. The molecule has 0 atom stereocenters. The molecule has 19 heavy (non-hydrogen) atoms. The highest BCUT2D eigenvalue weighted by Gasteiger charge is 2.19. The molecule has 0 saturated heterocycles. The molecule has 1 amide bonds. The molecule has 5 nitrogen and oxygen atoms in total. The zero-order chi connectivity index (χ0) is 13.1. The average Bonchev–Trinajstić information content (AvgIpc) is 2.97. The Bertz CT molecular complexity index is 578. The lowest BCUT2D eigenvalue weighted by Crippen LogP contribution is -2.25. The highest BCUT2D eigenvalue weighted by Crippen LogP contribution is 2.33. The molecule has 0 aliphatic carbocycles. The van der Waals surface area contributed by atoms with Crippen molar-refractivity contribution in [3.05, 3.63) is 47.8 Å². The Balaban J connectivity index is 1.76. The summed E-state index contributed by atoms with van der Waals surface area (Å²) in [4.78, 5) is 15.1. The molecule has 1 aromatic carbocycles. The van der Waals surface area contributed by atoms with Crippen molar-refractivity contribution in [2.45, 2.75) is 6.54 Å². The zero-order valence-electron chi connectivity index (χ0n) is 10.3. The molecule has 1 aliphatic heterocycles. The largest absolute Gasteiger partial charge is 0.486 e. The maximum absolute atomic E-state index is 12.2. The van der Waals surface area contributed by atoms with Crippen LogP contribution in [0.15, 0.2) is 36.7 Å². The molecule has 1 aliphatic rings. The number of hydrogen-bond acceptors (Lipinski definition) is 3. The fourth-order valence-electron chi connectivity index (χ4n) is 2.00. The number of rotatable bonds is 3.